The average Bonchev–Trinajstić information content (AvgIpc) is 2.78. The summed E-state index contributed by atoms with van der Waals surface area (Å²) in [5, 5.41) is 4.63. The quantitative estimate of drug-likeness (QED) is 0.835. The Morgan fingerprint density at radius 2 is 2.06 bits per heavy atom. The maximum absolute atomic E-state index is 3.81. The highest BCUT2D eigenvalue weighted by atomic mass is 79.9. The highest BCUT2D eigenvalue weighted by Crippen LogP contribution is 2.31. The second kappa shape index (κ2) is 6.97. The molecule has 0 amide bonds. The lowest BCUT2D eigenvalue weighted by Crippen LogP contribution is -2.36. The van der Waals surface area contributed by atoms with Gasteiger partial charge in [-0.25, -0.2) is 0 Å². The van der Waals surface area contributed by atoms with E-state index >= 15 is 0 Å². The minimum Gasteiger partial charge on any atom is -0.306 e. The molecule has 0 aromatic heterocycles. The number of rotatable bonds is 5. The van der Waals surface area contributed by atoms with E-state index in [0.29, 0.717) is 12.1 Å². The average molecular weight is 328 g/mol. The summed E-state index contributed by atoms with van der Waals surface area (Å²) in [5.41, 5.74) is 1.38. The summed E-state index contributed by atoms with van der Waals surface area (Å²) in [6.07, 6.45) is 4.09. The van der Waals surface area contributed by atoms with Crippen molar-refractivity contribution < 1.29 is 0 Å². The summed E-state index contributed by atoms with van der Waals surface area (Å²) in [6, 6.07) is 9.80. The molecular weight excluding hydrogens is 306 g/mol. The van der Waals surface area contributed by atoms with Crippen LogP contribution in [-0.2, 0) is 0 Å². The first kappa shape index (κ1) is 14.4. The predicted octanol–water partition coefficient (Wildman–Crippen LogP) is 4.77. The Kier molecular flexibility index (Phi) is 5.58. The summed E-state index contributed by atoms with van der Waals surface area (Å²) in [4.78, 5) is 0. The van der Waals surface area contributed by atoms with Gasteiger partial charge < -0.3 is 5.32 Å². The lowest BCUT2D eigenvalue weighted by Gasteiger charge is -2.25. The van der Waals surface area contributed by atoms with Crippen LogP contribution in [0, 0.1) is 0 Å². The van der Waals surface area contributed by atoms with Gasteiger partial charge in [0.1, 0.15) is 0 Å². The van der Waals surface area contributed by atoms with Crippen molar-refractivity contribution in [3.63, 3.8) is 0 Å². The Balaban J connectivity index is 1.94. The normalized spacial score (nSPS) is 25.3. The van der Waals surface area contributed by atoms with Crippen molar-refractivity contribution in [2.75, 3.05) is 5.75 Å². The smallest absolute Gasteiger partial charge is 0.0294 e. The third-order valence-corrected chi connectivity index (χ3v) is 5.52. The van der Waals surface area contributed by atoms with Crippen LogP contribution in [0.1, 0.15) is 44.7 Å². The fourth-order valence-electron chi connectivity index (χ4n) is 2.70. The van der Waals surface area contributed by atoms with Crippen LogP contribution in [-0.4, -0.2) is 17.0 Å². The maximum Gasteiger partial charge on any atom is 0.0294 e. The molecule has 0 aliphatic heterocycles. The van der Waals surface area contributed by atoms with Crippen LogP contribution >= 0.6 is 27.7 Å². The van der Waals surface area contributed by atoms with Crippen LogP contribution in [0.4, 0.5) is 0 Å². The van der Waals surface area contributed by atoms with Gasteiger partial charge in [0, 0.05) is 21.8 Å². The van der Waals surface area contributed by atoms with Gasteiger partial charge in [-0.05, 0) is 43.2 Å². The predicted molar refractivity (Wildman–Crippen MR) is 85.3 cm³/mol. The van der Waals surface area contributed by atoms with Gasteiger partial charge in [0.05, 0.1) is 0 Å². The van der Waals surface area contributed by atoms with Crippen LogP contribution in [0.25, 0.3) is 0 Å². The lowest BCUT2D eigenvalue weighted by molar-refractivity contribution is 0.467. The molecule has 3 unspecified atom stereocenters. The van der Waals surface area contributed by atoms with E-state index in [1.54, 1.807) is 0 Å². The van der Waals surface area contributed by atoms with Gasteiger partial charge in [-0.3, -0.25) is 0 Å². The Morgan fingerprint density at radius 3 is 2.72 bits per heavy atom. The molecule has 0 spiro atoms. The molecule has 1 aliphatic rings. The molecule has 1 N–H and O–H groups in total. The Bertz CT molecular complexity index is 365. The molecule has 1 nitrogen and oxygen atoms in total. The number of benzene rings is 1. The first-order chi connectivity index (χ1) is 8.70. The molecule has 3 heteroatoms. The number of thioether (sulfide) groups is 1. The summed E-state index contributed by atoms with van der Waals surface area (Å²) in [5.74, 6) is 1.23. The van der Waals surface area contributed by atoms with Crippen molar-refractivity contribution in [3.05, 3.63) is 34.3 Å². The minimum absolute atomic E-state index is 0.446. The van der Waals surface area contributed by atoms with E-state index < -0.39 is 0 Å². The third kappa shape index (κ3) is 3.75. The van der Waals surface area contributed by atoms with E-state index in [-0.39, 0.29) is 0 Å². The van der Waals surface area contributed by atoms with Crippen LogP contribution in [0.5, 0.6) is 0 Å². The van der Waals surface area contributed by atoms with Crippen molar-refractivity contribution >= 4 is 27.7 Å². The molecule has 0 heterocycles. The third-order valence-electron chi connectivity index (χ3n) is 3.67. The molecule has 1 aliphatic carbocycles. The fraction of sp³-hybridized carbons (Fsp3) is 0.600. The van der Waals surface area contributed by atoms with Crippen LogP contribution in [0.15, 0.2) is 28.7 Å². The lowest BCUT2D eigenvalue weighted by atomic mass is 10.1. The standard InChI is InChI=1S/C15H22BrNS/c1-3-18-15-6-4-5-14(15)17-11(2)12-7-9-13(16)10-8-12/h7-11,14-15,17H,3-6H2,1-2H3. The minimum atomic E-state index is 0.446. The van der Waals surface area contributed by atoms with E-state index in [1.807, 2.05) is 0 Å². The number of nitrogens with one attached hydrogen (secondary N) is 1. The summed E-state index contributed by atoms with van der Waals surface area (Å²) < 4.78 is 1.15. The number of halogens is 1. The monoisotopic (exact) mass is 327 g/mol. The molecule has 0 radical (unpaired) electrons. The van der Waals surface area contributed by atoms with Gasteiger partial charge >= 0.3 is 0 Å². The molecule has 18 heavy (non-hydrogen) atoms. The van der Waals surface area contributed by atoms with E-state index in [4.69, 9.17) is 0 Å². The molecular formula is C15H22BrNS. The van der Waals surface area contributed by atoms with E-state index in [9.17, 15) is 0 Å². The van der Waals surface area contributed by atoms with E-state index in [1.165, 1.54) is 30.6 Å². The van der Waals surface area contributed by atoms with Gasteiger partial charge in [0.15, 0.2) is 0 Å². The number of hydrogen-bond acceptors (Lipinski definition) is 2. The van der Waals surface area contributed by atoms with Crippen molar-refractivity contribution in [1.82, 2.24) is 5.32 Å². The van der Waals surface area contributed by atoms with E-state index in [0.717, 1.165) is 9.72 Å². The molecule has 1 saturated carbocycles. The molecule has 2 rings (SSSR count). The van der Waals surface area contributed by atoms with Crippen molar-refractivity contribution in [1.29, 1.82) is 0 Å². The van der Waals surface area contributed by atoms with Crippen molar-refractivity contribution in [3.8, 4) is 0 Å². The molecule has 100 valence electrons. The first-order valence-corrected chi connectivity index (χ1v) is 8.68. The Labute approximate surface area is 123 Å². The van der Waals surface area contributed by atoms with Crippen LogP contribution in [0.3, 0.4) is 0 Å². The largest absolute Gasteiger partial charge is 0.306 e. The second-order valence-corrected chi connectivity index (χ2v) is 7.40. The van der Waals surface area contributed by atoms with Gasteiger partial charge in [0.25, 0.3) is 0 Å². The van der Waals surface area contributed by atoms with Gasteiger partial charge in [-0.2, -0.15) is 11.8 Å². The maximum atomic E-state index is 3.81. The zero-order valence-electron chi connectivity index (χ0n) is 11.2. The zero-order valence-corrected chi connectivity index (χ0v) is 13.6. The SMILES string of the molecule is CCSC1CCCC1NC(C)c1ccc(Br)cc1. The van der Waals surface area contributed by atoms with Crippen molar-refractivity contribution in [2.45, 2.75) is 50.4 Å². The van der Waals surface area contributed by atoms with Crippen LogP contribution < -0.4 is 5.32 Å². The molecule has 0 saturated heterocycles. The topological polar surface area (TPSA) is 12.0 Å². The highest BCUT2D eigenvalue weighted by molar-refractivity contribution is 9.10. The van der Waals surface area contributed by atoms with Gasteiger partial charge in [0.2, 0.25) is 0 Å². The second-order valence-electron chi connectivity index (χ2n) is 4.97. The first-order valence-electron chi connectivity index (χ1n) is 6.84. The molecule has 1 aromatic carbocycles. The Hall–Kier alpha value is 0.01000. The molecule has 1 aromatic rings. The van der Waals surface area contributed by atoms with E-state index in [2.05, 4.69) is 71.1 Å². The molecule has 3 atom stereocenters. The van der Waals surface area contributed by atoms with Crippen LogP contribution in [0.2, 0.25) is 0 Å². The Morgan fingerprint density at radius 1 is 1.33 bits per heavy atom. The number of hydrogen-bond donors (Lipinski definition) is 1. The summed E-state index contributed by atoms with van der Waals surface area (Å²) >= 11 is 5.61. The zero-order chi connectivity index (χ0) is 13.0. The summed E-state index contributed by atoms with van der Waals surface area (Å²) in [6.45, 7) is 4.54. The highest BCUT2D eigenvalue weighted by Gasteiger charge is 2.28. The van der Waals surface area contributed by atoms with Gasteiger partial charge in [-0.1, -0.05) is 41.4 Å². The fourth-order valence-corrected chi connectivity index (χ4v) is 4.17. The summed E-state index contributed by atoms with van der Waals surface area (Å²) in [7, 11) is 0. The molecule has 0 bridgehead atoms. The van der Waals surface area contributed by atoms with Gasteiger partial charge in [-0.15, -0.1) is 0 Å². The molecule has 1 fully saturated rings. The van der Waals surface area contributed by atoms with Crippen molar-refractivity contribution in [2.24, 2.45) is 0 Å².